The van der Waals surface area contributed by atoms with Crippen molar-refractivity contribution in [3.05, 3.63) is 42.1 Å². The van der Waals surface area contributed by atoms with Gasteiger partial charge in [0, 0.05) is 44.6 Å². The van der Waals surface area contributed by atoms with Crippen molar-refractivity contribution in [1.29, 1.82) is 0 Å². The molecule has 5 heteroatoms. The van der Waals surface area contributed by atoms with E-state index in [-0.39, 0.29) is 0 Å². The number of unbranched alkanes of at least 4 members (excludes halogenated alkanes) is 2. The zero-order chi connectivity index (χ0) is 17.5. The predicted octanol–water partition coefficient (Wildman–Crippen LogP) is 3.71. The lowest BCUT2D eigenvalue weighted by molar-refractivity contribution is 0.640. The molecule has 0 bridgehead atoms. The van der Waals surface area contributed by atoms with Gasteiger partial charge in [-0.3, -0.25) is 0 Å². The quantitative estimate of drug-likeness (QED) is 0.779. The van der Waals surface area contributed by atoms with Gasteiger partial charge in [0.1, 0.15) is 5.82 Å². The van der Waals surface area contributed by atoms with Crippen molar-refractivity contribution in [2.45, 2.75) is 33.1 Å². The fraction of sp³-hybridized carbons (Fsp3) is 0.500. The molecule has 1 aromatic heterocycles. The SMILES string of the molecule is CCCCCNc1ccnc(N2CCN(c3cccc(C)c3)CC2)n1. The van der Waals surface area contributed by atoms with Crippen molar-refractivity contribution in [3.63, 3.8) is 0 Å². The molecule has 0 unspecified atom stereocenters. The van der Waals surface area contributed by atoms with E-state index in [2.05, 4.69) is 58.2 Å². The molecule has 0 atom stereocenters. The third-order valence-corrected chi connectivity index (χ3v) is 4.66. The highest BCUT2D eigenvalue weighted by atomic mass is 15.3. The summed E-state index contributed by atoms with van der Waals surface area (Å²) in [6, 6.07) is 10.7. The summed E-state index contributed by atoms with van der Waals surface area (Å²) in [6.07, 6.45) is 5.54. The fourth-order valence-electron chi connectivity index (χ4n) is 3.18. The van der Waals surface area contributed by atoms with Crippen LogP contribution in [0, 0.1) is 6.92 Å². The van der Waals surface area contributed by atoms with Gasteiger partial charge in [-0.1, -0.05) is 31.9 Å². The van der Waals surface area contributed by atoms with Crippen LogP contribution in [0.2, 0.25) is 0 Å². The summed E-state index contributed by atoms with van der Waals surface area (Å²) in [6.45, 7) is 9.25. The first kappa shape index (κ1) is 17.5. The molecular formula is C20H29N5. The summed E-state index contributed by atoms with van der Waals surface area (Å²) in [4.78, 5) is 13.9. The molecule has 0 amide bonds. The van der Waals surface area contributed by atoms with E-state index in [9.17, 15) is 0 Å². The van der Waals surface area contributed by atoms with Crippen LogP contribution < -0.4 is 15.1 Å². The van der Waals surface area contributed by atoms with Crippen LogP contribution in [0.25, 0.3) is 0 Å². The first-order valence-corrected chi connectivity index (χ1v) is 9.40. The van der Waals surface area contributed by atoms with Crippen molar-refractivity contribution in [3.8, 4) is 0 Å². The number of hydrogen-bond donors (Lipinski definition) is 1. The lowest BCUT2D eigenvalue weighted by Gasteiger charge is -2.36. The highest BCUT2D eigenvalue weighted by Gasteiger charge is 2.19. The molecule has 1 N–H and O–H groups in total. The van der Waals surface area contributed by atoms with E-state index in [4.69, 9.17) is 4.98 Å². The second-order valence-corrected chi connectivity index (χ2v) is 6.69. The summed E-state index contributed by atoms with van der Waals surface area (Å²) in [5.74, 6) is 1.77. The van der Waals surface area contributed by atoms with Crippen LogP contribution in [0.15, 0.2) is 36.5 Å². The van der Waals surface area contributed by atoms with Crippen LogP contribution in [0.3, 0.4) is 0 Å². The normalized spacial score (nSPS) is 14.6. The molecule has 0 saturated carbocycles. The topological polar surface area (TPSA) is 44.3 Å². The molecule has 134 valence electrons. The van der Waals surface area contributed by atoms with Gasteiger partial charge in [0.15, 0.2) is 0 Å². The average Bonchev–Trinajstić information content (AvgIpc) is 2.66. The minimum absolute atomic E-state index is 0.837. The summed E-state index contributed by atoms with van der Waals surface area (Å²) in [5.41, 5.74) is 2.62. The first-order chi connectivity index (χ1) is 12.3. The molecule has 0 aliphatic carbocycles. The zero-order valence-corrected chi connectivity index (χ0v) is 15.4. The minimum Gasteiger partial charge on any atom is -0.370 e. The van der Waals surface area contributed by atoms with Crippen LogP contribution in [0.5, 0.6) is 0 Å². The first-order valence-electron chi connectivity index (χ1n) is 9.40. The predicted molar refractivity (Wildman–Crippen MR) is 106 cm³/mol. The van der Waals surface area contributed by atoms with Crippen LogP contribution in [0.4, 0.5) is 17.5 Å². The number of aryl methyl sites for hydroxylation is 1. The molecule has 5 nitrogen and oxygen atoms in total. The van der Waals surface area contributed by atoms with Crippen LogP contribution in [-0.2, 0) is 0 Å². The lowest BCUT2D eigenvalue weighted by Crippen LogP contribution is -2.47. The zero-order valence-electron chi connectivity index (χ0n) is 15.4. The molecule has 1 aliphatic heterocycles. The van der Waals surface area contributed by atoms with Gasteiger partial charge < -0.3 is 15.1 Å². The molecule has 1 aromatic carbocycles. The fourth-order valence-corrected chi connectivity index (χ4v) is 3.18. The average molecular weight is 339 g/mol. The van der Waals surface area contributed by atoms with Gasteiger partial charge in [0.2, 0.25) is 5.95 Å². The number of nitrogens with zero attached hydrogens (tertiary/aromatic N) is 4. The molecule has 0 spiro atoms. The third kappa shape index (κ3) is 4.84. The van der Waals surface area contributed by atoms with Crippen LogP contribution in [0.1, 0.15) is 31.7 Å². The monoisotopic (exact) mass is 339 g/mol. The Morgan fingerprint density at radius 1 is 1.04 bits per heavy atom. The summed E-state index contributed by atoms with van der Waals surface area (Å²) >= 11 is 0. The Hall–Kier alpha value is -2.30. The van der Waals surface area contributed by atoms with Gasteiger partial charge in [-0.25, -0.2) is 4.98 Å². The molecular weight excluding hydrogens is 310 g/mol. The molecule has 0 radical (unpaired) electrons. The van der Waals surface area contributed by atoms with E-state index in [1.165, 1.54) is 30.5 Å². The van der Waals surface area contributed by atoms with Gasteiger partial charge in [0.25, 0.3) is 0 Å². The highest BCUT2D eigenvalue weighted by molar-refractivity contribution is 5.50. The van der Waals surface area contributed by atoms with Crippen molar-refractivity contribution in [1.82, 2.24) is 9.97 Å². The summed E-state index contributed by atoms with van der Waals surface area (Å²) in [5, 5.41) is 3.41. The van der Waals surface area contributed by atoms with Crippen molar-refractivity contribution >= 4 is 17.5 Å². The molecule has 2 aromatic rings. The van der Waals surface area contributed by atoms with Crippen molar-refractivity contribution in [2.24, 2.45) is 0 Å². The number of benzene rings is 1. The highest BCUT2D eigenvalue weighted by Crippen LogP contribution is 2.20. The second-order valence-electron chi connectivity index (χ2n) is 6.69. The molecule has 1 aliphatic rings. The Kier molecular flexibility index (Phi) is 6.09. The van der Waals surface area contributed by atoms with Gasteiger partial charge >= 0.3 is 0 Å². The van der Waals surface area contributed by atoms with Crippen molar-refractivity contribution in [2.75, 3.05) is 47.8 Å². The standard InChI is InChI=1S/C20H29N5/c1-3-4-5-10-21-19-9-11-22-20(23-19)25-14-12-24(13-15-25)18-8-6-7-17(2)16-18/h6-9,11,16H,3-5,10,12-15H2,1-2H3,(H,21,22,23). The minimum atomic E-state index is 0.837. The van der Waals surface area contributed by atoms with Crippen LogP contribution in [-0.4, -0.2) is 42.7 Å². The largest absolute Gasteiger partial charge is 0.370 e. The number of aromatic nitrogens is 2. The maximum atomic E-state index is 4.69. The Morgan fingerprint density at radius 2 is 1.84 bits per heavy atom. The molecule has 1 fully saturated rings. The number of piperazine rings is 1. The molecule has 25 heavy (non-hydrogen) atoms. The van der Waals surface area contributed by atoms with Crippen LogP contribution >= 0.6 is 0 Å². The number of rotatable bonds is 7. The van der Waals surface area contributed by atoms with Gasteiger partial charge in [-0.2, -0.15) is 4.98 Å². The Morgan fingerprint density at radius 3 is 2.60 bits per heavy atom. The van der Waals surface area contributed by atoms with E-state index in [0.29, 0.717) is 0 Å². The van der Waals surface area contributed by atoms with Gasteiger partial charge in [0.05, 0.1) is 0 Å². The number of nitrogens with one attached hydrogen (secondary N) is 1. The maximum Gasteiger partial charge on any atom is 0.227 e. The van der Waals surface area contributed by atoms with Crippen molar-refractivity contribution < 1.29 is 0 Å². The van der Waals surface area contributed by atoms with E-state index in [1.54, 1.807) is 0 Å². The van der Waals surface area contributed by atoms with Gasteiger partial charge in [-0.05, 0) is 37.1 Å². The lowest BCUT2D eigenvalue weighted by atomic mass is 10.2. The third-order valence-electron chi connectivity index (χ3n) is 4.66. The molecule has 1 saturated heterocycles. The van der Waals surface area contributed by atoms with E-state index in [1.807, 2.05) is 12.3 Å². The Balaban J connectivity index is 1.55. The molecule has 2 heterocycles. The summed E-state index contributed by atoms with van der Waals surface area (Å²) < 4.78 is 0. The van der Waals surface area contributed by atoms with E-state index in [0.717, 1.165) is 44.5 Å². The smallest absolute Gasteiger partial charge is 0.227 e. The van der Waals surface area contributed by atoms with E-state index >= 15 is 0 Å². The number of anilines is 3. The maximum absolute atomic E-state index is 4.69. The molecule has 3 rings (SSSR count). The Bertz CT molecular complexity index is 665. The number of hydrogen-bond acceptors (Lipinski definition) is 5. The second kappa shape index (κ2) is 8.70. The Labute approximate surface area is 151 Å². The van der Waals surface area contributed by atoms with E-state index < -0.39 is 0 Å². The summed E-state index contributed by atoms with van der Waals surface area (Å²) in [7, 11) is 0. The van der Waals surface area contributed by atoms with Gasteiger partial charge in [-0.15, -0.1) is 0 Å².